The van der Waals surface area contributed by atoms with Crippen molar-refractivity contribution >= 4 is 44.2 Å². The van der Waals surface area contributed by atoms with Gasteiger partial charge in [-0.15, -0.1) is 0 Å². The molecule has 1 atom stereocenters. The quantitative estimate of drug-likeness (QED) is 0.616. The highest BCUT2D eigenvalue weighted by Gasteiger charge is 2.27. The van der Waals surface area contributed by atoms with Crippen LogP contribution in [-0.4, -0.2) is 37.3 Å². The molecule has 27 heavy (non-hydrogen) atoms. The summed E-state index contributed by atoms with van der Waals surface area (Å²) in [5.74, 6) is 0.642. The Morgan fingerprint density at radius 3 is 3.00 bits per heavy atom. The molecule has 0 N–H and O–H groups in total. The minimum Gasteiger partial charge on any atom is -0.497 e. The average Bonchev–Trinajstić information content (AvgIpc) is 3.34. The molecule has 0 radical (unpaired) electrons. The van der Waals surface area contributed by atoms with E-state index in [4.69, 9.17) is 21.1 Å². The molecule has 1 saturated heterocycles. The maximum atomic E-state index is 13.2. The number of hydrogen-bond acceptors (Lipinski definition) is 5. The van der Waals surface area contributed by atoms with Gasteiger partial charge < -0.3 is 9.47 Å². The number of halogens is 1. The molecule has 0 bridgehead atoms. The Morgan fingerprint density at radius 2 is 2.26 bits per heavy atom. The lowest BCUT2D eigenvalue weighted by atomic mass is 10.2. The summed E-state index contributed by atoms with van der Waals surface area (Å²) in [6.45, 7) is 1.21. The van der Waals surface area contributed by atoms with Crippen LogP contribution in [0, 0.1) is 0 Å². The van der Waals surface area contributed by atoms with Gasteiger partial charge in [0.1, 0.15) is 5.75 Å². The van der Waals surface area contributed by atoms with E-state index >= 15 is 0 Å². The largest absolute Gasteiger partial charge is 0.497 e. The minimum absolute atomic E-state index is 0.0229. The predicted octanol–water partition coefficient (Wildman–Crippen LogP) is 4.78. The third-order valence-electron chi connectivity index (χ3n) is 4.54. The van der Waals surface area contributed by atoms with Gasteiger partial charge in [-0.2, -0.15) is 0 Å². The van der Waals surface area contributed by atoms with Crippen LogP contribution < -0.4 is 9.64 Å². The number of fused-ring (bicyclic) bond motifs is 1. The first-order valence-corrected chi connectivity index (χ1v) is 9.97. The van der Waals surface area contributed by atoms with Crippen molar-refractivity contribution in [3.05, 3.63) is 53.1 Å². The predicted molar refractivity (Wildman–Crippen MR) is 108 cm³/mol. The van der Waals surface area contributed by atoms with Gasteiger partial charge in [-0.1, -0.05) is 29.0 Å². The standard InChI is InChI=1S/C20H19ClN2O3S/c1-25-15-7-8-17-18(11-15)27-20(22-17)23(12-16-6-3-9-26-16)19(24)13-4-2-5-14(21)10-13/h2,4-5,7-8,10-11,16H,3,6,9,12H2,1H3. The Morgan fingerprint density at radius 1 is 1.37 bits per heavy atom. The van der Waals surface area contributed by atoms with Crippen molar-refractivity contribution in [1.82, 2.24) is 4.98 Å². The molecule has 1 fully saturated rings. The minimum atomic E-state index is -0.126. The summed E-state index contributed by atoms with van der Waals surface area (Å²) >= 11 is 7.56. The van der Waals surface area contributed by atoms with E-state index < -0.39 is 0 Å². The number of ether oxygens (including phenoxy) is 2. The van der Waals surface area contributed by atoms with Crippen molar-refractivity contribution < 1.29 is 14.3 Å². The van der Waals surface area contributed by atoms with Crippen LogP contribution >= 0.6 is 22.9 Å². The number of rotatable bonds is 5. The van der Waals surface area contributed by atoms with Gasteiger partial charge in [0.15, 0.2) is 5.13 Å². The number of thiazole rings is 1. The Hall–Kier alpha value is -2.15. The lowest BCUT2D eigenvalue weighted by molar-refractivity contribution is 0.0917. The van der Waals surface area contributed by atoms with Gasteiger partial charge in [0.05, 0.1) is 30.0 Å². The fraction of sp³-hybridized carbons (Fsp3) is 0.300. The molecule has 2 aromatic carbocycles. The molecule has 3 aromatic rings. The molecular weight excluding hydrogens is 384 g/mol. The Bertz CT molecular complexity index is 969. The Labute approximate surface area is 166 Å². The maximum Gasteiger partial charge on any atom is 0.260 e. The molecule has 1 aliphatic rings. The number of hydrogen-bond donors (Lipinski definition) is 0. The number of benzene rings is 2. The number of methoxy groups -OCH3 is 1. The van der Waals surface area contributed by atoms with E-state index in [1.807, 2.05) is 18.2 Å². The molecule has 0 spiro atoms. The summed E-state index contributed by atoms with van der Waals surface area (Å²) in [6.07, 6.45) is 1.98. The zero-order valence-corrected chi connectivity index (χ0v) is 16.4. The van der Waals surface area contributed by atoms with E-state index in [-0.39, 0.29) is 12.0 Å². The molecule has 0 aliphatic carbocycles. The molecule has 0 saturated carbocycles. The smallest absolute Gasteiger partial charge is 0.260 e. The van der Waals surface area contributed by atoms with Gasteiger partial charge in [-0.3, -0.25) is 9.69 Å². The van der Waals surface area contributed by atoms with Gasteiger partial charge >= 0.3 is 0 Å². The summed E-state index contributed by atoms with van der Waals surface area (Å²) in [5.41, 5.74) is 1.38. The third-order valence-corrected chi connectivity index (χ3v) is 5.82. The number of anilines is 1. The van der Waals surface area contributed by atoms with Crippen molar-refractivity contribution in [2.45, 2.75) is 18.9 Å². The van der Waals surface area contributed by atoms with E-state index in [0.29, 0.717) is 22.3 Å². The van der Waals surface area contributed by atoms with Gasteiger partial charge in [0, 0.05) is 17.2 Å². The molecular formula is C20H19ClN2O3S. The van der Waals surface area contributed by atoms with Crippen LogP contribution in [0.25, 0.3) is 10.2 Å². The zero-order chi connectivity index (χ0) is 18.8. The normalized spacial score (nSPS) is 16.6. The summed E-state index contributed by atoms with van der Waals surface area (Å²) in [7, 11) is 1.63. The van der Waals surface area contributed by atoms with E-state index in [2.05, 4.69) is 4.98 Å². The molecule has 1 aromatic heterocycles. The highest BCUT2D eigenvalue weighted by atomic mass is 35.5. The molecule has 2 heterocycles. The summed E-state index contributed by atoms with van der Waals surface area (Å²) in [4.78, 5) is 19.6. The van der Waals surface area contributed by atoms with Crippen LogP contribution in [0.15, 0.2) is 42.5 Å². The fourth-order valence-electron chi connectivity index (χ4n) is 3.15. The summed E-state index contributed by atoms with van der Waals surface area (Å²) in [6, 6.07) is 12.7. The van der Waals surface area contributed by atoms with Crippen molar-refractivity contribution in [2.75, 3.05) is 25.2 Å². The van der Waals surface area contributed by atoms with Crippen molar-refractivity contribution in [1.29, 1.82) is 0 Å². The molecule has 4 rings (SSSR count). The van der Waals surface area contributed by atoms with E-state index in [0.717, 1.165) is 35.4 Å². The number of nitrogens with zero attached hydrogens (tertiary/aromatic N) is 2. The van der Waals surface area contributed by atoms with Crippen LogP contribution in [0.4, 0.5) is 5.13 Å². The Kier molecular flexibility index (Phi) is 5.29. The second-order valence-corrected chi connectivity index (χ2v) is 7.84. The average molecular weight is 403 g/mol. The van der Waals surface area contributed by atoms with Crippen LogP contribution in [-0.2, 0) is 4.74 Å². The van der Waals surface area contributed by atoms with E-state index in [9.17, 15) is 4.79 Å². The summed E-state index contributed by atoms with van der Waals surface area (Å²) < 4.78 is 12.0. The van der Waals surface area contributed by atoms with E-state index in [1.54, 1.807) is 36.3 Å². The highest BCUT2D eigenvalue weighted by Crippen LogP contribution is 2.33. The second-order valence-electron chi connectivity index (χ2n) is 6.39. The van der Waals surface area contributed by atoms with Crippen LogP contribution in [0.2, 0.25) is 5.02 Å². The van der Waals surface area contributed by atoms with Crippen LogP contribution in [0.1, 0.15) is 23.2 Å². The third kappa shape index (κ3) is 3.93. The molecule has 140 valence electrons. The number of carbonyl (C=O) groups excluding carboxylic acids is 1. The first-order valence-electron chi connectivity index (χ1n) is 8.77. The molecule has 5 nitrogen and oxygen atoms in total. The number of amides is 1. The zero-order valence-electron chi connectivity index (χ0n) is 14.9. The lowest BCUT2D eigenvalue weighted by Gasteiger charge is -2.23. The van der Waals surface area contributed by atoms with Crippen LogP contribution in [0.3, 0.4) is 0 Å². The number of carbonyl (C=O) groups is 1. The van der Waals surface area contributed by atoms with Gasteiger partial charge in [-0.05, 0) is 49.2 Å². The molecule has 1 amide bonds. The summed E-state index contributed by atoms with van der Waals surface area (Å²) in [5, 5.41) is 1.19. The molecule has 1 unspecified atom stereocenters. The van der Waals surface area contributed by atoms with Gasteiger partial charge in [0.25, 0.3) is 5.91 Å². The van der Waals surface area contributed by atoms with Gasteiger partial charge in [-0.25, -0.2) is 4.98 Å². The highest BCUT2D eigenvalue weighted by molar-refractivity contribution is 7.22. The van der Waals surface area contributed by atoms with Crippen molar-refractivity contribution in [3.8, 4) is 5.75 Å². The SMILES string of the molecule is COc1ccc2nc(N(CC3CCCO3)C(=O)c3cccc(Cl)c3)sc2c1. The van der Waals surface area contributed by atoms with Gasteiger partial charge in [0.2, 0.25) is 0 Å². The monoisotopic (exact) mass is 402 g/mol. The first-order chi connectivity index (χ1) is 13.1. The molecule has 1 aliphatic heterocycles. The van der Waals surface area contributed by atoms with Crippen molar-refractivity contribution in [2.24, 2.45) is 0 Å². The number of aromatic nitrogens is 1. The molecule has 7 heteroatoms. The lowest BCUT2D eigenvalue weighted by Crippen LogP contribution is -2.37. The second kappa shape index (κ2) is 7.84. The van der Waals surface area contributed by atoms with Crippen LogP contribution in [0.5, 0.6) is 5.75 Å². The topological polar surface area (TPSA) is 51.7 Å². The van der Waals surface area contributed by atoms with E-state index in [1.165, 1.54) is 11.3 Å². The first kappa shape index (κ1) is 18.2. The van der Waals surface area contributed by atoms with Crippen molar-refractivity contribution in [3.63, 3.8) is 0 Å². The Balaban J connectivity index is 1.71. The fourth-order valence-corrected chi connectivity index (χ4v) is 4.34. The maximum absolute atomic E-state index is 13.2.